The predicted molar refractivity (Wildman–Crippen MR) is 40.1 cm³/mol. The molecule has 0 aliphatic rings. The van der Waals surface area contributed by atoms with E-state index in [2.05, 4.69) is 9.97 Å². The van der Waals surface area contributed by atoms with Gasteiger partial charge in [-0.25, -0.2) is 9.97 Å². The van der Waals surface area contributed by atoms with Crippen molar-refractivity contribution in [3.8, 4) is 0 Å². The molecule has 0 amide bonds. The van der Waals surface area contributed by atoms with Gasteiger partial charge in [0.15, 0.2) is 0 Å². The van der Waals surface area contributed by atoms with Gasteiger partial charge in [-0.05, 0) is 6.07 Å². The SMILES string of the molecule is Cl.Cl.O.c1cncnc1. The average molecular weight is 171 g/mol. The molecule has 0 saturated heterocycles. The highest BCUT2D eigenvalue weighted by atomic mass is 35.5. The first-order chi connectivity index (χ1) is 3.00. The van der Waals surface area contributed by atoms with E-state index in [1.807, 2.05) is 0 Å². The van der Waals surface area contributed by atoms with Crippen LogP contribution in [0.5, 0.6) is 0 Å². The zero-order chi connectivity index (χ0) is 4.24. The lowest BCUT2D eigenvalue weighted by Crippen LogP contribution is -1.66. The van der Waals surface area contributed by atoms with E-state index in [4.69, 9.17) is 0 Å². The number of rotatable bonds is 0. The third kappa shape index (κ3) is 7.62. The lowest BCUT2D eigenvalue weighted by Gasteiger charge is -1.70. The second-order valence-electron chi connectivity index (χ2n) is 0.904. The Bertz CT molecular complexity index is 88.5. The summed E-state index contributed by atoms with van der Waals surface area (Å²) in [6.45, 7) is 0. The molecule has 0 atom stereocenters. The minimum atomic E-state index is 0. The van der Waals surface area contributed by atoms with Gasteiger partial charge in [0.05, 0.1) is 0 Å². The quantitative estimate of drug-likeness (QED) is 0.570. The molecule has 9 heavy (non-hydrogen) atoms. The van der Waals surface area contributed by atoms with Crippen LogP contribution in [-0.2, 0) is 0 Å². The molecule has 0 fully saturated rings. The molecule has 0 aliphatic carbocycles. The van der Waals surface area contributed by atoms with Gasteiger partial charge in [0.2, 0.25) is 0 Å². The van der Waals surface area contributed by atoms with Crippen LogP contribution in [0, 0.1) is 0 Å². The van der Waals surface area contributed by atoms with E-state index in [1.165, 1.54) is 6.33 Å². The summed E-state index contributed by atoms with van der Waals surface area (Å²) < 4.78 is 0. The Morgan fingerprint density at radius 2 is 1.33 bits per heavy atom. The normalized spacial score (nSPS) is 5.33. The first-order valence-corrected chi connectivity index (χ1v) is 1.70. The predicted octanol–water partition coefficient (Wildman–Crippen LogP) is 0.495. The Balaban J connectivity index is -0.000000120. The molecule has 1 aromatic rings. The smallest absolute Gasteiger partial charge is 0.115 e. The van der Waals surface area contributed by atoms with Crippen LogP contribution < -0.4 is 0 Å². The molecule has 54 valence electrons. The largest absolute Gasteiger partial charge is 0.412 e. The van der Waals surface area contributed by atoms with Crippen molar-refractivity contribution in [2.75, 3.05) is 0 Å². The van der Waals surface area contributed by atoms with Gasteiger partial charge in [-0.2, -0.15) is 0 Å². The van der Waals surface area contributed by atoms with Gasteiger partial charge in [0.25, 0.3) is 0 Å². The highest BCUT2D eigenvalue weighted by molar-refractivity contribution is 5.85. The molecular weight excluding hydrogens is 163 g/mol. The first-order valence-electron chi connectivity index (χ1n) is 1.70. The molecular formula is C4H8Cl2N2O. The first kappa shape index (κ1) is 15.8. The number of nitrogens with zero attached hydrogens (tertiary/aromatic N) is 2. The summed E-state index contributed by atoms with van der Waals surface area (Å²) in [6, 6.07) is 1.78. The minimum Gasteiger partial charge on any atom is -0.412 e. The van der Waals surface area contributed by atoms with E-state index >= 15 is 0 Å². The van der Waals surface area contributed by atoms with E-state index in [-0.39, 0.29) is 30.3 Å². The van der Waals surface area contributed by atoms with Crippen molar-refractivity contribution in [2.45, 2.75) is 0 Å². The van der Waals surface area contributed by atoms with Gasteiger partial charge >= 0.3 is 0 Å². The van der Waals surface area contributed by atoms with Crippen molar-refractivity contribution >= 4 is 24.8 Å². The van der Waals surface area contributed by atoms with Crippen LogP contribution in [0.2, 0.25) is 0 Å². The molecule has 0 aromatic carbocycles. The molecule has 2 N–H and O–H groups in total. The second-order valence-corrected chi connectivity index (χ2v) is 0.904. The van der Waals surface area contributed by atoms with Crippen LogP contribution in [0.25, 0.3) is 0 Å². The minimum absolute atomic E-state index is 0. The summed E-state index contributed by atoms with van der Waals surface area (Å²) in [6.07, 6.45) is 4.88. The third-order valence-corrected chi connectivity index (χ3v) is 0.478. The molecule has 3 nitrogen and oxygen atoms in total. The molecule has 0 unspecified atom stereocenters. The van der Waals surface area contributed by atoms with E-state index in [0.29, 0.717) is 0 Å². The highest BCUT2D eigenvalue weighted by Crippen LogP contribution is 1.66. The van der Waals surface area contributed by atoms with E-state index < -0.39 is 0 Å². The topological polar surface area (TPSA) is 57.3 Å². The summed E-state index contributed by atoms with van der Waals surface area (Å²) in [5.41, 5.74) is 0. The van der Waals surface area contributed by atoms with Gasteiger partial charge in [-0.15, -0.1) is 24.8 Å². The van der Waals surface area contributed by atoms with Crippen molar-refractivity contribution < 1.29 is 5.48 Å². The van der Waals surface area contributed by atoms with Gasteiger partial charge in [0, 0.05) is 12.4 Å². The lowest BCUT2D eigenvalue weighted by atomic mass is 10.7. The maximum atomic E-state index is 3.67. The van der Waals surface area contributed by atoms with Crippen LogP contribution in [-0.4, -0.2) is 15.4 Å². The summed E-state index contributed by atoms with van der Waals surface area (Å²) >= 11 is 0. The van der Waals surface area contributed by atoms with E-state index in [9.17, 15) is 0 Å². The highest BCUT2D eigenvalue weighted by Gasteiger charge is 1.59. The van der Waals surface area contributed by atoms with E-state index in [1.54, 1.807) is 18.5 Å². The molecule has 0 spiro atoms. The van der Waals surface area contributed by atoms with Crippen LogP contribution in [0.4, 0.5) is 0 Å². The standard InChI is InChI=1S/C4H4N2.2ClH.H2O/c1-2-5-4-6-3-1;;;/h1-4H;2*1H;1H2. The van der Waals surface area contributed by atoms with Crippen molar-refractivity contribution in [3.63, 3.8) is 0 Å². The molecule has 1 aromatic heterocycles. The van der Waals surface area contributed by atoms with Crippen LogP contribution in [0.15, 0.2) is 24.8 Å². The zero-order valence-electron chi connectivity index (χ0n) is 4.52. The maximum Gasteiger partial charge on any atom is 0.115 e. The monoisotopic (exact) mass is 170 g/mol. The third-order valence-electron chi connectivity index (χ3n) is 0.478. The van der Waals surface area contributed by atoms with Gasteiger partial charge < -0.3 is 5.48 Å². The summed E-state index contributed by atoms with van der Waals surface area (Å²) in [7, 11) is 0. The summed E-state index contributed by atoms with van der Waals surface area (Å²) in [4.78, 5) is 7.35. The molecule has 1 heterocycles. The second kappa shape index (κ2) is 10.6. The lowest BCUT2D eigenvalue weighted by molar-refractivity contribution is 0.824. The maximum absolute atomic E-state index is 3.67. The van der Waals surface area contributed by atoms with Crippen molar-refractivity contribution in [1.29, 1.82) is 0 Å². The van der Waals surface area contributed by atoms with Crippen molar-refractivity contribution in [3.05, 3.63) is 24.8 Å². The van der Waals surface area contributed by atoms with Gasteiger partial charge in [-0.1, -0.05) is 0 Å². The average Bonchev–Trinajstić information content (AvgIpc) is 1.72. The van der Waals surface area contributed by atoms with Crippen LogP contribution in [0.1, 0.15) is 0 Å². The number of hydrogen-bond acceptors (Lipinski definition) is 2. The number of halogens is 2. The fourth-order valence-electron chi connectivity index (χ4n) is 0.253. The molecule has 1 rings (SSSR count). The number of aromatic nitrogens is 2. The van der Waals surface area contributed by atoms with Crippen LogP contribution in [0.3, 0.4) is 0 Å². The Morgan fingerprint density at radius 3 is 1.44 bits per heavy atom. The molecule has 0 radical (unpaired) electrons. The van der Waals surface area contributed by atoms with Crippen molar-refractivity contribution in [2.24, 2.45) is 0 Å². The zero-order valence-corrected chi connectivity index (χ0v) is 6.15. The Labute approximate surface area is 65.7 Å². The Hall–Kier alpha value is -0.380. The fourth-order valence-corrected chi connectivity index (χ4v) is 0.253. The molecule has 0 saturated carbocycles. The van der Waals surface area contributed by atoms with Gasteiger partial charge in [-0.3, -0.25) is 0 Å². The van der Waals surface area contributed by atoms with Crippen molar-refractivity contribution in [1.82, 2.24) is 9.97 Å². The van der Waals surface area contributed by atoms with Crippen LogP contribution >= 0.6 is 24.8 Å². The Morgan fingerprint density at radius 1 is 0.889 bits per heavy atom. The molecule has 0 aliphatic heterocycles. The van der Waals surface area contributed by atoms with E-state index in [0.717, 1.165) is 0 Å². The number of hydrogen-bond donors (Lipinski definition) is 0. The van der Waals surface area contributed by atoms with Gasteiger partial charge in [0.1, 0.15) is 6.33 Å². The molecule has 0 bridgehead atoms. The fraction of sp³-hybridized carbons (Fsp3) is 0. The summed E-state index contributed by atoms with van der Waals surface area (Å²) in [5, 5.41) is 0. The summed E-state index contributed by atoms with van der Waals surface area (Å²) in [5.74, 6) is 0. The molecule has 5 heteroatoms. The Kier molecular flexibility index (Phi) is 18.6.